The van der Waals surface area contributed by atoms with Gasteiger partial charge in [0, 0.05) is 18.3 Å². The van der Waals surface area contributed by atoms with Crippen LogP contribution in [0.5, 0.6) is 11.5 Å². The maximum Gasteiger partial charge on any atom is 0.573 e. The van der Waals surface area contributed by atoms with Crippen LogP contribution in [0.15, 0.2) is 12.4 Å². The van der Waals surface area contributed by atoms with Crippen molar-refractivity contribution in [1.29, 1.82) is 0 Å². The predicted molar refractivity (Wildman–Crippen MR) is 40.5 cm³/mol. The van der Waals surface area contributed by atoms with Crippen molar-refractivity contribution >= 4 is 0 Å². The third-order valence-electron chi connectivity index (χ3n) is 1.39. The van der Waals surface area contributed by atoms with E-state index in [-0.39, 0.29) is 12.1 Å². The molecule has 1 aromatic rings. The lowest BCUT2D eigenvalue weighted by Crippen LogP contribution is -2.19. The van der Waals surface area contributed by atoms with Gasteiger partial charge in [-0.25, -0.2) is 0 Å². The van der Waals surface area contributed by atoms with E-state index in [0.29, 0.717) is 0 Å². The quantitative estimate of drug-likeness (QED) is 0.764. The van der Waals surface area contributed by atoms with E-state index in [0.717, 1.165) is 12.4 Å². The maximum absolute atomic E-state index is 11.8. The molecule has 4 nitrogen and oxygen atoms in total. The summed E-state index contributed by atoms with van der Waals surface area (Å²) in [7, 11) is 0. The number of aromatic hydroxyl groups is 1. The normalized spacial score (nSPS) is 11.4. The summed E-state index contributed by atoms with van der Waals surface area (Å²) in [6.07, 6.45) is -2.91. The van der Waals surface area contributed by atoms with Crippen molar-refractivity contribution < 1.29 is 23.0 Å². The lowest BCUT2D eigenvalue weighted by molar-refractivity contribution is -0.275. The smallest absolute Gasteiger partial charge is 0.503 e. The van der Waals surface area contributed by atoms with Crippen LogP contribution in [0.4, 0.5) is 13.2 Å². The van der Waals surface area contributed by atoms with Gasteiger partial charge in [0.25, 0.3) is 0 Å². The van der Waals surface area contributed by atoms with Crippen molar-refractivity contribution in [1.82, 2.24) is 4.98 Å². The van der Waals surface area contributed by atoms with E-state index in [2.05, 4.69) is 9.72 Å². The van der Waals surface area contributed by atoms with E-state index in [4.69, 9.17) is 10.8 Å². The number of ether oxygens (including phenoxy) is 1. The van der Waals surface area contributed by atoms with Gasteiger partial charge in [-0.3, -0.25) is 4.98 Å². The molecule has 0 aliphatic rings. The fraction of sp³-hybridized carbons (Fsp3) is 0.286. The largest absolute Gasteiger partial charge is 0.573 e. The number of nitrogens with zero attached hydrogens (tertiary/aromatic N) is 1. The molecule has 0 saturated carbocycles. The molecular weight excluding hydrogens is 201 g/mol. The predicted octanol–water partition coefficient (Wildman–Crippen LogP) is 1.14. The average Bonchev–Trinajstić information content (AvgIpc) is 2.06. The van der Waals surface area contributed by atoms with Crippen molar-refractivity contribution in [2.75, 3.05) is 0 Å². The second kappa shape index (κ2) is 3.70. The molecule has 0 radical (unpaired) electrons. The van der Waals surface area contributed by atoms with Gasteiger partial charge in [-0.15, -0.1) is 13.2 Å². The van der Waals surface area contributed by atoms with E-state index >= 15 is 0 Å². The minimum Gasteiger partial charge on any atom is -0.503 e. The first-order chi connectivity index (χ1) is 6.44. The molecule has 7 heteroatoms. The van der Waals surface area contributed by atoms with E-state index in [1.807, 2.05) is 0 Å². The Kier molecular flexibility index (Phi) is 2.80. The second-order valence-electron chi connectivity index (χ2n) is 2.40. The van der Waals surface area contributed by atoms with Gasteiger partial charge in [0.2, 0.25) is 0 Å². The Labute approximate surface area is 77.1 Å². The molecule has 0 amide bonds. The summed E-state index contributed by atoms with van der Waals surface area (Å²) in [4.78, 5) is 3.47. The van der Waals surface area contributed by atoms with Crippen LogP contribution in [0, 0.1) is 0 Å². The zero-order valence-electron chi connectivity index (χ0n) is 6.88. The summed E-state index contributed by atoms with van der Waals surface area (Å²) in [6.45, 7) is -0.202. The lowest BCUT2D eigenvalue weighted by Gasteiger charge is -2.12. The van der Waals surface area contributed by atoms with Gasteiger partial charge in [-0.2, -0.15) is 0 Å². The minimum atomic E-state index is -4.86. The molecule has 0 unspecified atom stereocenters. The van der Waals surface area contributed by atoms with Crippen molar-refractivity contribution in [3.63, 3.8) is 0 Å². The molecule has 1 rings (SSSR count). The molecule has 0 spiro atoms. The number of nitrogens with two attached hydrogens (primary N) is 1. The first-order valence-corrected chi connectivity index (χ1v) is 3.55. The molecule has 14 heavy (non-hydrogen) atoms. The summed E-state index contributed by atoms with van der Waals surface area (Å²) in [5.74, 6) is -1.39. The summed E-state index contributed by atoms with van der Waals surface area (Å²) >= 11 is 0. The Morgan fingerprint density at radius 2 is 2.07 bits per heavy atom. The number of alkyl halides is 3. The average molecular weight is 208 g/mol. The summed E-state index contributed by atoms with van der Waals surface area (Å²) in [5.41, 5.74) is 5.13. The number of halogens is 3. The molecule has 78 valence electrons. The van der Waals surface area contributed by atoms with E-state index < -0.39 is 17.9 Å². The zero-order chi connectivity index (χ0) is 10.8. The Bertz CT molecular complexity index is 327. The number of pyridine rings is 1. The molecule has 3 N–H and O–H groups in total. The van der Waals surface area contributed by atoms with Crippen molar-refractivity contribution in [3.05, 3.63) is 18.0 Å². The van der Waals surface area contributed by atoms with Crippen molar-refractivity contribution in [3.8, 4) is 11.5 Å². The van der Waals surface area contributed by atoms with Gasteiger partial charge >= 0.3 is 6.36 Å². The topological polar surface area (TPSA) is 68.4 Å². The van der Waals surface area contributed by atoms with Gasteiger partial charge in [0.05, 0.1) is 6.20 Å². The fourth-order valence-corrected chi connectivity index (χ4v) is 0.859. The van der Waals surface area contributed by atoms with Crippen LogP contribution in [-0.4, -0.2) is 16.5 Å². The molecule has 0 aliphatic heterocycles. The third-order valence-corrected chi connectivity index (χ3v) is 1.39. The highest BCUT2D eigenvalue weighted by molar-refractivity contribution is 5.42. The highest BCUT2D eigenvalue weighted by Gasteiger charge is 2.33. The van der Waals surface area contributed by atoms with Gasteiger partial charge < -0.3 is 15.6 Å². The summed E-state index contributed by atoms with van der Waals surface area (Å²) in [6, 6.07) is 0. The first-order valence-electron chi connectivity index (χ1n) is 3.55. The molecule has 1 aromatic heterocycles. The summed E-state index contributed by atoms with van der Waals surface area (Å²) < 4.78 is 39.1. The fourth-order valence-electron chi connectivity index (χ4n) is 0.859. The highest BCUT2D eigenvalue weighted by atomic mass is 19.4. The number of hydrogen-bond donors (Lipinski definition) is 2. The maximum atomic E-state index is 11.8. The second-order valence-corrected chi connectivity index (χ2v) is 2.40. The monoisotopic (exact) mass is 208 g/mol. The molecule has 1 heterocycles. The van der Waals surface area contributed by atoms with Gasteiger partial charge in [0.1, 0.15) is 0 Å². The summed E-state index contributed by atoms with van der Waals surface area (Å²) in [5, 5.41) is 9.04. The van der Waals surface area contributed by atoms with E-state index in [1.165, 1.54) is 0 Å². The molecular formula is C7H7F3N2O2. The van der Waals surface area contributed by atoms with Gasteiger partial charge in [-0.05, 0) is 0 Å². The Morgan fingerprint density at radius 1 is 1.43 bits per heavy atom. The highest BCUT2D eigenvalue weighted by Crippen LogP contribution is 2.33. The van der Waals surface area contributed by atoms with Gasteiger partial charge in [-0.1, -0.05) is 0 Å². The third kappa shape index (κ3) is 2.49. The van der Waals surface area contributed by atoms with Crippen LogP contribution >= 0.6 is 0 Å². The van der Waals surface area contributed by atoms with Gasteiger partial charge in [0.15, 0.2) is 11.5 Å². The van der Waals surface area contributed by atoms with Crippen molar-refractivity contribution in [2.45, 2.75) is 12.9 Å². The SMILES string of the molecule is NCc1cncc(O)c1OC(F)(F)F. The Morgan fingerprint density at radius 3 is 2.57 bits per heavy atom. The first kappa shape index (κ1) is 10.6. The van der Waals surface area contributed by atoms with E-state index in [9.17, 15) is 13.2 Å². The lowest BCUT2D eigenvalue weighted by atomic mass is 10.2. The van der Waals surface area contributed by atoms with Crippen LogP contribution in [0.3, 0.4) is 0 Å². The minimum absolute atomic E-state index is 0.0117. The molecule has 0 atom stereocenters. The number of aromatic nitrogens is 1. The van der Waals surface area contributed by atoms with Crippen LogP contribution in [0.2, 0.25) is 0 Å². The Hall–Kier alpha value is -1.50. The molecule has 0 aromatic carbocycles. The van der Waals surface area contributed by atoms with Crippen LogP contribution in [0.1, 0.15) is 5.56 Å². The zero-order valence-corrected chi connectivity index (χ0v) is 6.88. The number of hydrogen-bond acceptors (Lipinski definition) is 4. The molecule has 0 bridgehead atoms. The molecule has 0 saturated heterocycles. The molecule has 0 fully saturated rings. The van der Waals surface area contributed by atoms with Crippen molar-refractivity contribution in [2.24, 2.45) is 5.73 Å². The Balaban J connectivity index is 3.05. The van der Waals surface area contributed by atoms with Crippen LogP contribution < -0.4 is 10.5 Å². The number of rotatable bonds is 2. The van der Waals surface area contributed by atoms with E-state index in [1.54, 1.807) is 0 Å². The standard InChI is InChI=1S/C7H7F3N2O2/c8-7(9,10)14-6-4(1-11)2-12-3-5(6)13/h2-3,13H,1,11H2. The molecule has 0 aliphatic carbocycles. The van der Waals surface area contributed by atoms with Crippen LogP contribution in [-0.2, 0) is 6.54 Å². The van der Waals surface area contributed by atoms with Crippen LogP contribution in [0.25, 0.3) is 0 Å².